The molecule has 1 aliphatic rings. The maximum Gasteiger partial charge on any atom is 0.341 e. The smallest absolute Gasteiger partial charge is 0.341 e. The Balaban J connectivity index is 2.21. The monoisotopic (exact) mass is 467 g/mol. The van der Waals surface area contributed by atoms with Gasteiger partial charge in [-0.05, 0) is 36.8 Å². The standard InChI is InChI=1S/C19H18BrNO6S/c1-12-7-9-15(10-8-12)28(24,25)21-16(13-5-4-6-14(20)11-13)19(21,17(22)26-2)18(23)27-3/h4-11,16H,1-3H3. The van der Waals surface area contributed by atoms with Crippen LogP contribution < -0.4 is 0 Å². The lowest BCUT2D eigenvalue weighted by Gasteiger charge is -2.13. The molecule has 0 amide bonds. The normalized spacial score (nSPS) is 20.3. The molecule has 0 bridgehead atoms. The van der Waals surface area contributed by atoms with E-state index < -0.39 is 33.5 Å². The largest absolute Gasteiger partial charge is 0.467 e. The Labute approximate surface area is 171 Å². The van der Waals surface area contributed by atoms with Gasteiger partial charge in [-0.15, -0.1) is 0 Å². The SMILES string of the molecule is COC(=O)C1(C(=O)OC)C(c2cccc(Br)c2)N1S(=O)(=O)c1ccc(C)cc1. The zero-order valence-corrected chi connectivity index (χ0v) is 17.8. The van der Waals surface area contributed by atoms with E-state index in [2.05, 4.69) is 15.9 Å². The lowest BCUT2D eigenvalue weighted by atomic mass is 9.99. The van der Waals surface area contributed by atoms with Crippen molar-refractivity contribution in [3.63, 3.8) is 0 Å². The van der Waals surface area contributed by atoms with E-state index >= 15 is 0 Å². The van der Waals surface area contributed by atoms with Crippen molar-refractivity contribution in [2.24, 2.45) is 0 Å². The van der Waals surface area contributed by atoms with E-state index in [1.165, 1.54) is 12.1 Å². The predicted octanol–water partition coefficient (Wildman–Crippen LogP) is 2.59. The second kappa shape index (κ2) is 7.31. The van der Waals surface area contributed by atoms with Gasteiger partial charge in [0.15, 0.2) is 0 Å². The molecule has 0 saturated carbocycles. The highest BCUT2D eigenvalue weighted by Crippen LogP contribution is 2.58. The van der Waals surface area contributed by atoms with Crippen LogP contribution in [0.2, 0.25) is 0 Å². The van der Waals surface area contributed by atoms with Crippen LogP contribution in [0.15, 0.2) is 57.9 Å². The van der Waals surface area contributed by atoms with E-state index in [1.807, 2.05) is 6.92 Å². The van der Waals surface area contributed by atoms with E-state index in [0.29, 0.717) is 10.0 Å². The van der Waals surface area contributed by atoms with Gasteiger partial charge in [0.1, 0.15) is 0 Å². The van der Waals surface area contributed by atoms with E-state index in [1.54, 1.807) is 36.4 Å². The fraction of sp³-hybridized carbons (Fsp3) is 0.263. The van der Waals surface area contributed by atoms with Crippen LogP contribution in [-0.4, -0.2) is 44.4 Å². The van der Waals surface area contributed by atoms with Crippen molar-refractivity contribution in [2.75, 3.05) is 14.2 Å². The average molecular weight is 468 g/mol. The summed E-state index contributed by atoms with van der Waals surface area (Å²) in [6, 6.07) is 11.8. The summed E-state index contributed by atoms with van der Waals surface area (Å²) in [5, 5.41) is 0. The highest BCUT2D eigenvalue weighted by molar-refractivity contribution is 9.10. The topological polar surface area (TPSA) is 89.8 Å². The average Bonchev–Trinajstić information content (AvgIpc) is 3.39. The molecule has 2 unspecified atom stereocenters. The molecule has 1 heterocycles. The molecule has 1 fully saturated rings. The third kappa shape index (κ3) is 3.03. The Morgan fingerprint density at radius 1 is 1.04 bits per heavy atom. The fourth-order valence-electron chi connectivity index (χ4n) is 3.27. The molecule has 0 aliphatic carbocycles. The second-order valence-electron chi connectivity index (χ2n) is 6.32. The number of carbonyl (C=O) groups excluding carboxylic acids is 2. The van der Waals surface area contributed by atoms with Gasteiger partial charge in [-0.2, -0.15) is 4.31 Å². The lowest BCUT2D eigenvalue weighted by Crippen LogP contribution is -2.42. The van der Waals surface area contributed by atoms with E-state index in [-0.39, 0.29) is 4.90 Å². The van der Waals surface area contributed by atoms with Crippen LogP contribution in [0.3, 0.4) is 0 Å². The predicted molar refractivity (Wildman–Crippen MR) is 104 cm³/mol. The van der Waals surface area contributed by atoms with Crippen LogP contribution in [0.4, 0.5) is 0 Å². The number of aryl methyl sites for hydroxylation is 1. The lowest BCUT2D eigenvalue weighted by molar-refractivity contribution is -0.157. The first-order valence-corrected chi connectivity index (χ1v) is 10.5. The molecular weight excluding hydrogens is 450 g/mol. The minimum atomic E-state index is -4.19. The van der Waals surface area contributed by atoms with Crippen LogP contribution in [0, 0.1) is 6.92 Å². The molecule has 7 nitrogen and oxygen atoms in total. The molecule has 1 aliphatic heterocycles. The highest BCUT2D eigenvalue weighted by atomic mass is 79.9. The fourth-order valence-corrected chi connectivity index (χ4v) is 5.53. The second-order valence-corrected chi connectivity index (χ2v) is 9.05. The molecule has 3 rings (SSSR count). The number of methoxy groups -OCH3 is 2. The van der Waals surface area contributed by atoms with Gasteiger partial charge in [0.05, 0.1) is 25.2 Å². The zero-order valence-electron chi connectivity index (χ0n) is 15.4. The minimum Gasteiger partial charge on any atom is -0.467 e. The van der Waals surface area contributed by atoms with Crippen molar-refractivity contribution in [1.82, 2.24) is 4.31 Å². The van der Waals surface area contributed by atoms with Crippen LogP contribution in [0.25, 0.3) is 0 Å². The van der Waals surface area contributed by atoms with Gasteiger partial charge < -0.3 is 9.47 Å². The van der Waals surface area contributed by atoms with Crippen molar-refractivity contribution < 1.29 is 27.5 Å². The van der Waals surface area contributed by atoms with Crippen molar-refractivity contribution >= 4 is 37.9 Å². The first-order chi connectivity index (χ1) is 13.2. The summed E-state index contributed by atoms with van der Waals surface area (Å²) in [6.45, 7) is 1.82. The van der Waals surface area contributed by atoms with Crippen LogP contribution in [0.1, 0.15) is 17.2 Å². The molecule has 2 aromatic rings. The van der Waals surface area contributed by atoms with Gasteiger partial charge in [0, 0.05) is 4.47 Å². The Kier molecular flexibility index (Phi) is 5.35. The van der Waals surface area contributed by atoms with Crippen molar-refractivity contribution in [1.29, 1.82) is 0 Å². The number of halogens is 1. The molecule has 148 valence electrons. The van der Waals surface area contributed by atoms with Gasteiger partial charge in [-0.3, -0.25) is 0 Å². The molecule has 0 N–H and O–H groups in total. The number of benzene rings is 2. The molecule has 0 radical (unpaired) electrons. The molecule has 1 saturated heterocycles. The third-order valence-corrected chi connectivity index (χ3v) is 7.02. The maximum absolute atomic E-state index is 13.3. The molecule has 28 heavy (non-hydrogen) atoms. The Bertz CT molecular complexity index is 1020. The first-order valence-electron chi connectivity index (χ1n) is 8.24. The van der Waals surface area contributed by atoms with Gasteiger partial charge in [-0.25, -0.2) is 18.0 Å². The van der Waals surface area contributed by atoms with Crippen molar-refractivity contribution in [3.8, 4) is 0 Å². The molecule has 0 spiro atoms. The first kappa shape index (κ1) is 20.5. The third-order valence-electron chi connectivity index (χ3n) is 4.65. The Morgan fingerprint density at radius 2 is 1.61 bits per heavy atom. The number of rotatable bonds is 5. The molecule has 0 aromatic heterocycles. The highest BCUT2D eigenvalue weighted by Gasteiger charge is 2.80. The summed E-state index contributed by atoms with van der Waals surface area (Å²) in [7, 11) is -2.00. The molecule has 2 atom stereocenters. The van der Waals surface area contributed by atoms with Crippen molar-refractivity contribution in [3.05, 3.63) is 64.1 Å². The zero-order chi connectivity index (χ0) is 20.7. The summed E-state index contributed by atoms with van der Waals surface area (Å²) in [5.41, 5.74) is -0.782. The number of sulfonamides is 1. The minimum absolute atomic E-state index is 0.0345. The summed E-state index contributed by atoms with van der Waals surface area (Å²) in [6.07, 6.45) is 0. The summed E-state index contributed by atoms with van der Waals surface area (Å²) in [5.74, 6) is -2.00. The quantitative estimate of drug-likeness (QED) is 0.381. The number of ether oxygens (including phenoxy) is 2. The van der Waals surface area contributed by atoms with E-state index in [0.717, 1.165) is 24.1 Å². The number of esters is 2. The number of nitrogens with zero attached hydrogens (tertiary/aromatic N) is 1. The van der Waals surface area contributed by atoms with Crippen LogP contribution in [0.5, 0.6) is 0 Å². The number of carbonyl (C=O) groups is 2. The molecular formula is C19H18BrNO6S. The van der Waals surface area contributed by atoms with Gasteiger partial charge >= 0.3 is 11.9 Å². The van der Waals surface area contributed by atoms with Crippen molar-refractivity contribution in [2.45, 2.75) is 23.4 Å². The summed E-state index contributed by atoms with van der Waals surface area (Å²) in [4.78, 5) is 25.3. The van der Waals surface area contributed by atoms with E-state index in [9.17, 15) is 18.0 Å². The number of hydrogen-bond donors (Lipinski definition) is 0. The van der Waals surface area contributed by atoms with Gasteiger partial charge in [-0.1, -0.05) is 45.8 Å². The molecule has 2 aromatic carbocycles. The molecule has 9 heteroatoms. The van der Waals surface area contributed by atoms with Crippen LogP contribution >= 0.6 is 15.9 Å². The van der Waals surface area contributed by atoms with Gasteiger partial charge in [0.25, 0.3) is 5.54 Å². The Morgan fingerprint density at radius 3 is 2.11 bits per heavy atom. The maximum atomic E-state index is 13.3. The Hall–Kier alpha value is -2.23. The number of hydrogen-bond acceptors (Lipinski definition) is 6. The van der Waals surface area contributed by atoms with Crippen LogP contribution in [-0.2, 0) is 29.1 Å². The van der Waals surface area contributed by atoms with E-state index in [4.69, 9.17) is 9.47 Å². The summed E-state index contributed by atoms with van der Waals surface area (Å²) < 4.78 is 37.8. The van der Waals surface area contributed by atoms with Gasteiger partial charge in [0.2, 0.25) is 10.0 Å². The summed E-state index contributed by atoms with van der Waals surface area (Å²) >= 11 is 3.33.